The molecule has 0 bridgehead atoms. The van der Waals surface area contributed by atoms with E-state index in [1.54, 1.807) is 7.11 Å². The first-order valence-electron chi connectivity index (χ1n) is 6.80. The summed E-state index contributed by atoms with van der Waals surface area (Å²) in [6.07, 6.45) is 0. The Hall–Kier alpha value is -1.26. The van der Waals surface area contributed by atoms with Gasteiger partial charge in [0.25, 0.3) is 0 Å². The zero-order valence-electron chi connectivity index (χ0n) is 12.4. The van der Waals surface area contributed by atoms with Crippen LogP contribution in [0.25, 0.3) is 0 Å². The molecule has 0 saturated carbocycles. The van der Waals surface area contributed by atoms with Gasteiger partial charge in [0, 0.05) is 43.0 Å². The van der Waals surface area contributed by atoms with Crippen LogP contribution in [0.3, 0.4) is 0 Å². The lowest BCUT2D eigenvalue weighted by molar-refractivity contribution is 0.155. The zero-order chi connectivity index (χ0) is 14.0. The molecule has 1 fully saturated rings. The second kappa shape index (κ2) is 5.39. The van der Waals surface area contributed by atoms with Gasteiger partial charge in [-0.1, -0.05) is 6.07 Å². The maximum atomic E-state index is 5.89. The summed E-state index contributed by atoms with van der Waals surface area (Å²) in [5.74, 6) is 0.900. The average Bonchev–Trinajstić information content (AvgIpc) is 2.38. The number of likely N-dealkylation sites (N-methyl/N-ethyl adjacent to an activating group) is 1. The Balaban J connectivity index is 2.29. The van der Waals surface area contributed by atoms with Crippen molar-refractivity contribution in [3.8, 4) is 5.75 Å². The minimum atomic E-state index is 0.0901. The molecule has 0 amide bonds. The molecule has 0 spiro atoms. The van der Waals surface area contributed by atoms with Gasteiger partial charge in [-0.05, 0) is 33.0 Å². The number of ether oxygens (including phenoxy) is 1. The van der Waals surface area contributed by atoms with Gasteiger partial charge in [0.05, 0.1) is 7.11 Å². The van der Waals surface area contributed by atoms with Gasteiger partial charge in [-0.3, -0.25) is 4.90 Å². The molecule has 4 nitrogen and oxygen atoms in total. The number of piperazine rings is 1. The zero-order valence-corrected chi connectivity index (χ0v) is 12.4. The van der Waals surface area contributed by atoms with E-state index < -0.39 is 0 Å². The van der Waals surface area contributed by atoms with Crippen LogP contribution in [0.15, 0.2) is 24.3 Å². The van der Waals surface area contributed by atoms with Gasteiger partial charge in [-0.2, -0.15) is 0 Å². The fraction of sp³-hybridized carbons (Fsp3) is 0.600. The molecule has 1 saturated heterocycles. The number of nitrogens with two attached hydrogens (primary N) is 1. The lowest BCUT2D eigenvalue weighted by Crippen LogP contribution is -2.64. The second-order valence-electron chi connectivity index (χ2n) is 5.93. The number of anilines is 1. The summed E-state index contributed by atoms with van der Waals surface area (Å²) in [5.41, 5.74) is 7.18. The van der Waals surface area contributed by atoms with Crippen LogP contribution in [-0.2, 0) is 0 Å². The monoisotopic (exact) mass is 263 g/mol. The highest BCUT2D eigenvalue weighted by Crippen LogP contribution is 2.31. The molecule has 2 rings (SSSR count). The van der Waals surface area contributed by atoms with Crippen molar-refractivity contribution in [2.75, 3.05) is 38.7 Å². The molecule has 0 radical (unpaired) electrons. The Morgan fingerprint density at radius 2 is 2.16 bits per heavy atom. The minimum absolute atomic E-state index is 0.0901. The van der Waals surface area contributed by atoms with Crippen molar-refractivity contribution in [3.63, 3.8) is 0 Å². The molecule has 106 valence electrons. The van der Waals surface area contributed by atoms with Crippen molar-refractivity contribution >= 4 is 5.69 Å². The van der Waals surface area contributed by atoms with Crippen molar-refractivity contribution in [1.29, 1.82) is 0 Å². The molecule has 1 unspecified atom stereocenters. The molecule has 2 N–H and O–H groups in total. The molecule has 1 heterocycles. The largest absolute Gasteiger partial charge is 0.497 e. The first kappa shape index (κ1) is 14.2. The van der Waals surface area contributed by atoms with E-state index in [2.05, 4.69) is 42.8 Å². The van der Waals surface area contributed by atoms with Crippen molar-refractivity contribution < 1.29 is 4.74 Å². The van der Waals surface area contributed by atoms with Gasteiger partial charge in [-0.15, -0.1) is 0 Å². The van der Waals surface area contributed by atoms with E-state index in [1.165, 1.54) is 5.69 Å². The van der Waals surface area contributed by atoms with Gasteiger partial charge in [0.1, 0.15) is 5.75 Å². The van der Waals surface area contributed by atoms with Crippen molar-refractivity contribution in [1.82, 2.24) is 4.90 Å². The number of hydrogen-bond acceptors (Lipinski definition) is 4. The molecule has 1 atom stereocenters. The summed E-state index contributed by atoms with van der Waals surface area (Å²) in [6, 6.07) is 8.66. The third kappa shape index (κ3) is 2.85. The van der Waals surface area contributed by atoms with E-state index in [1.807, 2.05) is 12.1 Å². The van der Waals surface area contributed by atoms with Crippen LogP contribution in [0.2, 0.25) is 0 Å². The van der Waals surface area contributed by atoms with E-state index in [0.717, 1.165) is 18.8 Å². The van der Waals surface area contributed by atoms with Crippen molar-refractivity contribution in [2.45, 2.75) is 25.4 Å². The van der Waals surface area contributed by atoms with E-state index in [4.69, 9.17) is 10.5 Å². The smallest absolute Gasteiger partial charge is 0.120 e. The normalized spacial score (nSPS) is 23.4. The van der Waals surface area contributed by atoms with Crippen LogP contribution < -0.4 is 15.4 Å². The summed E-state index contributed by atoms with van der Waals surface area (Å²) >= 11 is 0. The fourth-order valence-electron chi connectivity index (χ4n) is 2.91. The first-order valence-corrected chi connectivity index (χ1v) is 6.80. The number of benzene rings is 1. The standard InChI is InChI=1S/C15H25N3O/c1-15(2)11-17(3)13(9-16)10-18(15)12-6-5-7-14(8-12)19-4/h5-8,13H,9-11,16H2,1-4H3. The number of hydrogen-bond donors (Lipinski definition) is 1. The number of nitrogens with zero attached hydrogens (tertiary/aromatic N) is 2. The molecule has 1 aliphatic heterocycles. The van der Waals surface area contributed by atoms with Gasteiger partial charge in [-0.25, -0.2) is 0 Å². The third-order valence-electron chi connectivity index (χ3n) is 4.02. The molecular weight excluding hydrogens is 238 g/mol. The highest BCUT2D eigenvalue weighted by molar-refractivity contribution is 5.53. The summed E-state index contributed by atoms with van der Waals surface area (Å²) < 4.78 is 5.33. The summed E-state index contributed by atoms with van der Waals surface area (Å²) in [4.78, 5) is 4.80. The molecule has 1 aromatic rings. The molecule has 0 aromatic heterocycles. The van der Waals surface area contributed by atoms with E-state index >= 15 is 0 Å². The van der Waals surface area contributed by atoms with Crippen LogP contribution in [0.1, 0.15) is 13.8 Å². The van der Waals surface area contributed by atoms with Gasteiger partial charge in [0.2, 0.25) is 0 Å². The summed E-state index contributed by atoms with van der Waals surface area (Å²) in [5, 5.41) is 0. The van der Waals surface area contributed by atoms with Crippen molar-refractivity contribution in [2.24, 2.45) is 5.73 Å². The molecule has 1 aromatic carbocycles. The number of methoxy groups -OCH3 is 1. The van der Waals surface area contributed by atoms with Crippen molar-refractivity contribution in [3.05, 3.63) is 24.3 Å². The van der Waals surface area contributed by atoms with Crippen LogP contribution in [0.5, 0.6) is 5.75 Å². The second-order valence-corrected chi connectivity index (χ2v) is 5.93. The lowest BCUT2D eigenvalue weighted by Gasteiger charge is -2.51. The maximum absolute atomic E-state index is 5.89. The topological polar surface area (TPSA) is 41.7 Å². The highest BCUT2D eigenvalue weighted by Gasteiger charge is 2.36. The van der Waals surface area contributed by atoms with E-state index in [9.17, 15) is 0 Å². The predicted octanol–water partition coefficient (Wildman–Crippen LogP) is 1.55. The third-order valence-corrected chi connectivity index (χ3v) is 4.02. The molecule has 1 aliphatic rings. The van der Waals surface area contributed by atoms with Crippen LogP contribution in [-0.4, -0.2) is 50.3 Å². The predicted molar refractivity (Wildman–Crippen MR) is 79.9 cm³/mol. The Bertz CT molecular complexity index is 433. The minimum Gasteiger partial charge on any atom is -0.497 e. The van der Waals surface area contributed by atoms with Crippen LogP contribution >= 0.6 is 0 Å². The molecular formula is C15H25N3O. The first-order chi connectivity index (χ1) is 8.97. The van der Waals surface area contributed by atoms with Gasteiger partial charge >= 0.3 is 0 Å². The van der Waals surface area contributed by atoms with E-state index in [0.29, 0.717) is 12.6 Å². The highest BCUT2D eigenvalue weighted by atomic mass is 16.5. The molecule has 19 heavy (non-hydrogen) atoms. The SMILES string of the molecule is COc1cccc(N2CC(CN)N(C)CC2(C)C)c1. The maximum Gasteiger partial charge on any atom is 0.120 e. The summed E-state index contributed by atoms with van der Waals surface area (Å²) in [6.45, 7) is 7.19. The average molecular weight is 263 g/mol. The number of rotatable bonds is 3. The molecule has 4 heteroatoms. The van der Waals surface area contributed by atoms with Gasteiger partial charge < -0.3 is 15.4 Å². The van der Waals surface area contributed by atoms with E-state index in [-0.39, 0.29) is 5.54 Å². The summed E-state index contributed by atoms with van der Waals surface area (Å²) in [7, 11) is 3.86. The lowest BCUT2D eigenvalue weighted by atomic mass is 9.95. The Morgan fingerprint density at radius 1 is 1.42 bits per heavy atom. The van der Waals surface area contributed by atoms with Crippen LogP contribution in [0, 0.1) is 0 Å². The Morgan fingerprint density at radius 3 is 2.79 bits per heavy atom. The van der Waals surface area contributed by atoms with Gasteiger partial charge in [0.15, 0.2) is 0 Å². The quantitative estimate of drug-likeness (QED) is 0.898. The Kier molecular flexibility index (Phi) is 4.02. The van der Waals surface area contributed by atoms with Crippen LogP contribution in [0.4, 0.5) is 5.69 Å². The fourth-order valence-corrected chi connectivity index (χ4v) is 2.91. The molecule has 0 aliphatic carbocycles. The Labute approximate surface area is 116 Å².